The van der Waals surface area contributed by atoms with Crippen LogP contribution in [0.4, 0.5) is 0 Å². The summed E-state index contributed by atoms with van der Waals surface area (Å²) in [5.41, 5.74) is 1.92. The molecule has 0 saturated heterocycles. The van der Waals surface area contributed by atoms with E-state index in [-0.39, 0.29) is 0 Å². The van der Waals surface area contributed by atoms with Crippen molar-refractivity contribution >= 4 is 18.6 Å². The summed E-state index contributed by atoms with van der Waals surface area (Å²) in [5.74, 6) is -0.912. The lowest BCUT2D eigenvalue weighted by Crippen LogP contribution is -1.98. The Kier molecular flexibility index (Phi) is 2.97. The topological polar surface area (TPSA) is 37.3 Å². The van der Waals surface area contributed by atoms with Crippen LogP contribution in [-0.4, -0.2) is 11.1 Å². The normalized spacial score (nSPS) is 10.1. The molecule has 1 N–H and O–H groups in total. The maximum atomic E-state index is 11.0. The zero-order valence-electron chi connectivity index (χ0n) is 8.42. The van der Waals surface area contributed by atoms with E-state index >= 15 is 0 Å². The fourth-order valence-electron chi connectivity index (χ4n) is 1.56. The average molecular weight is 230 g/mol. The minimum Gasteiger partial charge on any atom is -0.478 e. The van der Waals surface area contributed by atoms with Crippen molar-refractivity contribution in [1.82, 2.24) is 0 Å². The summed E-state index contributed by atoms with van der Waals surface area (Å²) < 4.78 is 0. The van der Waals surface area contributed by atoms with Gasteiger partial charge >= 0.3 is 5.97 Å². The van der Waals surface area contributed by atoms with Crippen LogP contribution in [0.15, 0.2) is 53.4 Å². The van der Waals surface area contributed by atoms with Gasteiger partial charge in [-0.25, -0.2) is 4.79 Å². The molecule has 0 amide bonds. The molecule has 0 saturated carbocycles. The molecule has 0 spiro atoms. The molecule has 0 aliphatic carbocycles. The Morgan fingerprint density at radius 2 is 1.62 bits per heavy atom. The second kappa shape index (κ2) is 4.41. The lowest BCUT2D eigenvalue weighted by Gasteiger charge is -2.05. The van der Waals surface area contributed by atoms with Crippen molar-refractivity contribution in [1.29, 1.82) is 0 Å². The molecule has 2 aromatic carbocycles. The Morgan fingerprint density at radius 3 is 2.25 bits per heavy atom. The number of carbonyl (C=O) groups is 1. The SMILES string of the molecule is O=C(O)c1ccccc1-c1ccc(S)cc1. The van der Waals surface area contributed by atoms with E-state index in [2.05, 4.69) is 12.6 Å². The molecule has 0 aromatic heterocycles. The van der Waals surface area contributed by atoms with Crippen molar-refractivity contribution in [2.75, 3.05) is 0 Å². The highest BCUT2D eigenvalue weighted by molar-refractivity contribution is 7.80. The fraction of sp³-hybridized carbons (Fsp3) is 0. The predicted molar refractivity (Wildman–Crippen MR) is 66.1 cm³/mol. The molecular formula is C13H10O2S. The van der Waals surface area contributed by atoms with Crippen LogP contribution in [0.5, 0.6) is 0 Å². The molecule has 0 fully saturated rings. The number of thiol groups is 1. The molecule has 2 rings (SSSR count). The zero-order valence-corrected chi connectivity index (χ0v) is 9.32. The third-order valence-corrected chi connectivity index (χ3v) is 2.63. The molecule has 0 bridgehead atoms. The van der Waals surface area contributed by atoms with Crippen molar-refractivity contribution in [2.24, 2.45) is 0 Å². The molecule has 3 heteroatoms. The molecule has 0 atom stereocenters. The van der Waals surface area contributed by atoms with Crippen molar-refractivity contribution < 1.29 is 9.90 Å². The molecule has 16 heavy (non-hydrogen) atoms. The lowest BCUT2D eigenvalue weighted by atomic mass is 10.00. The summed E-state index contributed by atoms with van der Waals surface area (Å²) in [5, 5.41) is 9.07. The van der Waals surface area contributed by atoms with Gasteiger partial charge in [0, 0.05) is 4.90 Å². The van der Waals surface area contributed by atoms with Crippen molar-refractivity contribution in [3.63, 3.8) is 0 Å². The first-order valence-electron chi connectivity index (χ1n) is 4.80. The second-order valence-corrected chi connectivity index (χ2v) is 3.91. The number of hydrogen-bond acceptors (Lipinski definition) is 2. The first-order chi connectivity index (χ1) is 7.68. The maximum absolute atomic E-state index is 11.0. The number of hydrogen-bond donors (Lipinski definition) is 2. The van der Waals surface area contributed by atoms with Crippen LogP contribution in [0.2, 0.25) is 0 Å². The molecule has 0 aliphatic rings. The fourth-order valence-corrected chi connectivity index (χ4v) is 1.71. The minimum atomic E-state index is -0.912. The van der Waals surface area contributed by atoms with Gasteiger partial charge in [-0.3, -0.25) is 0 Å². The smallest absolute Gasteiger partial charge is 0.336 e. The molecule has 2 aromatic rings. The standard InChI is InChI=1S/C13H10O2S/c14-13(15)12-4-2-1-3-11(12)9-5-7-10(16)8-6-9/h1-8,16H,(H,14,15). The van der Waals surface area contributed by atoms with E-state index in [4.69, 9.17) is 5.11 Å². The lowest BCUT2D eigenvalue weighted by molar-refractivity contribution is 0.0698. The Balaban J connectivity index is 2.55. The third kappa shape index (κ3) is 2.09. The monoisotopic (exact) mass is 230 g/mol. The van der Waals surface area contributed by atoms with Gasteiger partial charge in [0.1, 0.15) is 0 Å². The van der Waals surface area contributed by atoms with Gasteiger partial charge in [-0.15, -0.1) is 12.6 Å². The first-order valence-corrected chi connectivity index (χ1v) is 5.25. The predicted octanol–water partition coefficient (Wildman–Crippen LogP) is 3.34. The van der Waals surface area contributed by atoms with E-state index in [1.54, 1.807) is 18.2 Å². The van der Waals surface area contributed by atoms with Gasteiger partial charge in [0.25, 0.3) is 0 Å². The molecule has 2 nitrogen and oxygen atoms in total. The van der Waals surface area contributed by atoms with E-state index in [0.29, 0.717) is 5.56 Å². The maximum Gasteiger partial charge on any atom is 0.336 e. The van der Waals surface area contributed by atoms with Crippen molar-refractivity contribution in [2.45, 2.75) is 4.90 Å². The molecular weight excluding hydrogens is 220 g/mol. The van der Waals surface area contributed by atoms with Crippen molar-refractivity contribution in [3.8, 4) is 11.1 Å². The van der Waals surface area contributed by atoms with E-state index in [1.165, 1.54) is 0 Å². The van der Waals surface area contributed by atoms with Crippen LogP contribution >= 0.6 is 12.6 Å². The number of rotatable bonds is 2. The molecule has 0 unspecified atom stereocenters. The number of benzene rings is 2. The third-order valence-electron chi connectivity index (χ3n) is 2.34. The average Bonchev–Trinajstić information content (AvgIpc) is 2.30. The van der Waals surface area contributed by atoms with Gasteiger partial charge < -0.3 is 5.11 Å². The van der Waals surface area contributed by atoms with Crippen LogP contribution in [0.1, 0.15) is 10.4 Å². The summed E-state index contributed by atoms with van der Waals surface area (Å²) >= 11 is 4.19. The summed E-state index contributed by atoms with van der Waals surface area (Å²) in [4.78, 5) is 11.9. The number of carboxylic acids is 1. The molecule has 0 aliphatic heterocycles. The highest BCUT2D eigenvalue weighted by Gasteiger charge is 2.09. The Bertz CT molecular complexity index is 518. The van der Waals surface area contributed by atoms with Gasteiger partial charge in [0.2, 0.25) is 0 Å². The highest BCUT2D eigenvalue weighted by Crippen LogP contribution is 2.24. The quantitative estimate of drug-likeness (QED) is 0.776. The van der Waals surface area contributed by atoms with Gasteiger partial charge in [0.05, 0.1) is 5.56 Å². The summed E-state index contributed by atoms with van der Waals surface area (Å²) in [6.45, 7) is 0. The van der Waals surface area contributed by atoms with Crippen LogP contribution in [0.25, 0.3) is 11.1 Å². The number of carboxylic acid groups (broad SMARTS) is 1. The molecule has 0 heterocycles. The van der Waals surface area contributed by atoms with E-state index < -0.39 is 5.97 Å². The minimum absolute atomic E-state index is 0.314. The molecule has 80 valence electrons. The van der Waals surface area contributed by atoms with Crippen LogP contribution < -0.4 is 0 Å². The van der Waals surface area contributed by atoms with E-state index in [9.17, 15) is 4.79 Å². The van der Waals surface area contributed by atoms with Gasteiger partial charge in [-0.1, -0.05) is 30.3 Å². The summed E-state index contributed by atoms with van der Waals surface area (Å²) in [6.07, 6.45) is 0. The van der Waals surface area contributed by atoms with Crippen LogP contribution in [-0.2, 0) is 0 Å². The number of aromatic carboxylic acids is 1. The van der Waals surface area contributed by atoms with E-state index in [0.717, 1.165) is 16.0 Å². The Labute approximate surface area is 99.0 Å². The Hall–Kier alpha value is -1.74. The molecule has 0 radical (unpaired) electrons. The first kappa shape index (κ1) is 10.8. The van der Waals surface area contributed by atoms with Gasteiger partial charge in [-0.2, -0.15) is 0 Å². The largest absolute Gasteiger partial charge is 0.478 e. The second-order valence-electron chi connectivity index (χ2n) is 3.40. The summed E-state index contributed by atoms with van der Waals surface area (Å²) in [6, 6.07) is 14.4. The van der Waals surface area contributed by atoms with E-state index in [1.807, 2.05) is 30.3 Å². The van der Waals surface area contributed by atoms with Crippen molar-refractivity contribution in [3.05, 3.63) is 54.1 Å². The highest BCUT2D eigenvalue weighted by atomic mass is 32.1. The Morgan fingerprint density at radius 1 is 1.00 bits per heavy atom. The van der Waals surface area contributed by atoms with Crippen LogP contribution in [0.3, 0.4) is 0 Å². The van der Waals surface area contributed by atoms with Crippen LogP contribution in [0, 0.1) is 0 Å². The van der Waals surface area contributed by atoms with Gasteiger partial charge in [-0.05, 0) is 29.3 Å². The van der Waals surface area contributed by atoms with Gasteiger partial charge in [0.15, 0.2) is 0 Å². The zero-order chi connectivity index (χ0) is 11.5. The summed E-state index contributed by atoms with van der Waals surface area (Å²) in [7, 11) is 0.